The van der Waals surface area contributed by atoms with Crippen LogP contribution in [0.4, 0.5) is 11.4 Å². The van der Waals surface area contributed by atoms with E-state index in [2.05, 4.69) is 153 Å². The van der Waals surface area contributed by atoms with E-state index in [0.29, 0.717) is 0 Å². The van der Waals surface area contributed by atoms with Gasteiger partial charge in [-0.2, -0.15) is 0 Å². The maximum Gasteiger partial charge on any atom is 0.0726 e. The number of hydrogen-bond donors (Lipinski definition) is 1. The van der Waals surface area contributed by atoms with Crippen LogP contribution in [0.5, 0.6) is 0 Å². The maximum absolute atomic E-state index is 3.83. The van der Waals surface area contributed by atoms with Gasteiger partial charge >= 0.3 is 0 Å². The first-order chi connectivity index (χ1) is 19.7. The van der Waals surface area contributed by atoms with Crippen molar-refractivity contribution in [1.29, 1.82) is 0 Å². The lowest BCUT2D eigenvalue weighted by Crippen LogP contribution is -2.25. The molecule has 190 valence electrons. The van der Waals surface area contributed by atoms with Gasteiger partial charge in [-0.1, -0.05) is 109 Å². The lowest BCUT2D eigenvalue weighted by Gasteiger charge is -2.30. The van der Waals surface area contributed by atoms with Gasteiger partial charge < -0.3 is 5.32 Å². The van der Waals surface area contributed by atoms with Gasteiger partial charge in [0.25, 0.3) is 0 Å². The molecule has 0 aromatic heterocycles. The Hall–Kier alpha value is -4.88. The lowest BCUT2D eigenvalue weighted by atomic mass is 9.70. The molecule has 0 heterocycles. The Kier molecular flexibility index (Phi) is 4.93. The molecular formula is C39H29N. The first-order valence-electron chi connectivity index (χ1n) is 14.0. The van der Waals surface area contributed by atoms with Crippen LogP contribution in [0.25, 0.3) is 33.4 Å². The van der Waals surface area contributed by atoms with Crippen LogP contribution >= 0.6 is 0 Å². The van der Waals surface area contributed by atoms with E-state index < -0.39 is 0 Å². The molecule has 0 amide bonds. The van der Waals surface area contributed by atoms with Crippen molar-refractivity contribution in [2.75, 3.05) is 5.32 Å². The van der Waals surface area contributed by atoms with E-state index in [1.807, 2.05) is 0 Å². The Morgan fingerprint density at radius 2 is 0.900 bits per heavy atom. The van der Waals surface area contributed by atoms with Crippen LogP contribution in [0.2, 0.25) is 0 Å². The second-order valence-electron chi connectivity index (χ2n) is 11.1. The second kappa shape index (κ2) is 8.56. The summed E-state index contributed by atoms with van der Waals surface area (Å²) in [6.07, 6.45) is 0. The van der Waals surface area contributed by atoms with E-state index in [1.165, 1.54) is 72.4 Å². The quantitative estimate of drug-likeness (QED) is 0.249. The molecule has 6 aromatic rings. The Balaban J connectivity index is 1.31. The average molecular weight is 512 g/mol. The number of anilines is 2. The zero-order chi connectivity index (χ0) is 26.8. The Morgan fingerprint density at radius 3 is 1.45 bits per heavy atom. The van der Waals surface area contributed by atoms with Gasteiger partial charge in [0.05, 0.1) is 5.41 Å². The Morgan fingerprint density at radius 1 is 0.425 bits per heavy atom. The topological polar surface area (TPSA) is 12.0 Å². The minimum atomic E-state index is -0.321. The largest absolute Gasteiger partial charge is 0.355 e. The highest BCUT2D eigenvalue weighted by atomic mass is 14.9. The van der Waals surface area contributed by atoms with Crippen molar-refractivity contribution in [2.45, 2.75) is 19.3 Å². The number of benzene rings is 6. The van der Waals surface area contributed by atoms with Crippen molar-refractivity contribution in [2.24, 2.45) is 0 Å². The molecule has 8 rings (SSSR count). The van der Waals surface area contributed by atoms with Gasteiger partial charge in [0.2, 0.25) is 0 Å². The summed E-state index contributed by atoms with van der Waals surface area (Å²) in [7, 11) is 0. The monoisotopic (exact) mass is 511 g/mol. The molecule has 0 atom stereocenters. The van der Waals surface area contributed by atoms with E-state index in [9.17, 15) is 0 Å². The van der Waals surface area contributed by atoms with Crippen LogP contribution in [0.3, 0.4) is 0 Å². The summed E-state index contributed by atoms with van der Waals surface area (Å²) in [4.78, 5) is 0. The normalized spacial score (nSPS) is 13.4. The molecular weight excluding hydrogens is 482 g/mol. The highest BCUT2D eigenvalue weighted by molar-refractivity contribution is 5.95. The summed E-state index contributed by atoms with van der Waals surface area (Å²) < 4.78 is 0. The predicted octanol–water partition coefficient (Wildman–Crippen LogP) is 10.1. The molecule has 0 aliphatic heterocycles. The molecule has 0 fully saturated rings. The number of fused-ring (bicyclic) bond motifs is 10. The molecule has 1 spiro atoms. The van der Waals surface area contributed by atoms with E-state index in [0.717, 1.165) is 5.69 Å². The minimum absolute atomic E-state index is 0.321. The van der Waals surface area contributed by atoms with Gasteiger partial charge in [-0.05, 0) is 105 Å². The molecule has 2 aliphatic carbocycles. The zero-order valence-corrected chi connectivity index (χ0v) is 22.7. The first kappa shape index (κ1) is 23.0. The molecule has 0 bridgehead atoms. The molecule has 0 radical (unpaired) electrons. The van der Waals surface area contributed by atoms with Crippen LogP contribution in [0.15, 0.2) is 133 Å². The Labute approximate surface area is 235 Å². The van der Waals surface area contributed by atoms with Gasteiger partial charge in [-0.25, -0.2) is 0 Å². The minimum Gasteiger partial charge on any atom is -0.355 e. The van der Waals surface area contributed by atoms with E-state index in [-0.39, 0.29) is 5.41 Å². The summed E-state index contributed by atoms with van der Waals surface area (Å²) in [5, 5.41) is 3.83. The van der Waals surface area contributed by atoms with E-state index in [1.54, 1.807) is 0 Å². The summed E-state index contributed by atoms with van der Waals surface area (Å²) in [6, 6.07) is 49.1. The third-order valence-electron chi connectivity index (χ3n) is 8.91. The fraction of sp³-hybridized carbons (Fsp3) is 0.0769. The molecule has 1 N–H and O–H groups in total. The lowest BCUT2D eigenvalue weighted by molar-refractivity contribution is 0.794. The molecule has 2 aliphatic rings. The second-order valence-corrected chi connectivity index (χ2v) is 11.1. The number of rotatable bonds is 3. The van der Waals surface area contributed by atoms with Crippen molar-refractivity contribution < 1.29 is 0 Å². The molecule has 40 heavy (non-hydrogen) atoms. The Bertz CT molecular complexity index is 1860. The molecule has 0 unspecified atom stereocenters. The summed E-state index contributed by atoms with van der Waals surface area (Å²) in [5.41, 5.74) is 17.8. The van der Waals surface area contributed by atoms with Gasteiger partial charge in [0.15, 0.2) is 0 Å². The third kappa shape index (κ3) is 3.09. The van der Waals surface area contributed by atoms with Crippen LogP contribution in [0.1, 0.15) is 33.4 Å². The number of aryl methyl sites for hydroxylation is 2. The van der Waals surface area contributed by atoms with Crippen molar-refractivity contribution in [3.8, 4) is 33.4 Å². The molecule has 0 saturated heterocycles. The third-order valence-corrected chi connectivity index (χ3v) is 8.91. The predicted molar refractivity (Wildman–Crippen MR) is 167 cm³/mol. The van der Waals surface area contributed by atoms with Gasteiger partial charge in [-0.3, -0.25) is 0 Å². The average Bonchev–Trinajstić information content (AvgIpc) is 3.46. The summed E-state index contributed by atoms with van der Waals surface area (Å²) in [6.45, 7) is 4.41. The summed E-state index contributed by atoms with van der Waals surface area (Å²) in [5.74, 6) is 0. The van der Waals surface area contributed by atoms with Crippen molar-refractivity contribution in [3.63, 3.8) is 0 Å². The molecule has 1 nitrogen and oxygen atoms in total. The van der Waals surface area contributed by atoms with Gasteiger partial charge in [0, 0.05) is 11.4 Å². The van der Waals surface area contributed by atoms with Crippen molar-refractivity contribution in [1.82, 2.24) is 0 Å². The molecule has 0 saturated carbocycles. The number of hydrogen-bond acceptors (Lipinski definition) is 1. The van der Waals surface area contributed by atoms with Crippen LogP contribution in [0, 0.1) is 13.8 Å². The van der Waals surface area contributed by atoms with Crippen molar-refractivity contribution >= 4 is 11.4 Å². The van der Waals surface area contributed by atoms with E-state index in [4.69, 9.17) is 0 Å². The fourth-order valence-electron chi connectivity index (χ4n) is 7.27. The van der Waals surface area contributed by atoms with Crippen LogP contribution < -0.4 is 5.32 Å². The molecule has 6 aromatic carbocycles. The van der Waals surface area contributed by atoms with Gasteiger partial charge in [-0.15, -0.1) is 0 Å². The maximum atomic E-state index is 3.83. The van der Waals surface area contributed by atoms with E-state index >= 15 is 0 Å². The first-order valence-corrected chi connectivity index (χ1v) is 14.0. The fourth-order valence-corrected chi connectivity index (χ4v) is 7.27. The van der Waals surface area contributed by atoms with Crippen molar-refractivity contribution in [3.05, 3.63) is 167 Å². The van der Waals surface area contributed by atoms with Gasteiger partial charge in [0.1, 0.15) is 0 Å². The smallest absolute Gasteiger partial charge is 0.0726 e. The SMILES string of the molecule is Cc1cc(-c2ccccc2)cc(C)c1Nc1ccc2c(c1)C1(c3ccccc3-c3ccccc31)c1ccccc1-2. The highest BCUT2D eigenvalue weighted by Crippen LogP contribution is 2.62. The summed E-state index contributed by atoms with van der Waals surface area (Å²) >= 11 is 0. The van der Waals surface area contributed by atoms with Crippen LogP contribution in [-0.2, 0) is 5.41 Å². The zero-order valence-electron chi connectivity index (χ0n) is 22.7. The number of nitrogens with one attached hydrogen (secondary N) is 1. The van der Waals surface area contributed by atoms with Crippen LogP contribution in [-0.4, -0.2) is 0 Å². The molecule has 1 heteroatoms. The standard InChI is InChI=1S/C39H29N/c1-25-22-28(27-12-4-3-5-13-27)23-26(2)38(25)40-29-20-21-33-32-16-8-11-19-36(32)39(37(33)24-29)34-17-9-6-14-30(34)31-15-7-10-18-35(31)39/h3-24,40H,1-2H3. The highest BCUT2D eigenvalue weighted by Gasteiger charge is 2.51.